The van der Waals surface area contributed by atoms with Crippen LogP contribution in [-0.2, 0) is 4.79 Å². The number of nitrogens with one attached hydrogen (secondary N) is 1. The molecule has 132 valence electrons. The van der Waals surface area contributed by atoms with Crippen molar-refractivity contribution in [3.05, 3.63) is 59.7 Å². The zero-order valence-electron chi connectivity index (χ0n) is 14.4. The zero-order chi connectivity index (χ0) is 18.5. The lowest BCUT2D eigenvalue weighted by atomic mass is 10.1. The second-order valence-corrected chi connectivity index (χ2v) is 6.59. The number of carbonyl (C=O) groups is 2. The van der Waals surface area contributed by atoms with Crippen LogP contribution in [0, 0.1) is 6.92 Å². The van der Waals surface area contributed by atoms with E-state index in [-0.39, 0.29) is 17.4 Å². The van der Waals surface area contributed by atoms with E-state index in [1.807, 2.05) is 31.2 Å². The normalized spacial score (nSPS) is 10.5. The van der Waals surface area contributed by atoms with Gasteiger partial charge in [-0.25, -0.2) is 0 Å². The highest BCUT2D eigenvalue weighted by atomic mass is 32.2. The molecule has 6 nitrogen and oxygen atoms in total. The SMILES string of the molecule is CC(=O)c1cccc(NC(=O)CSc2nnc(-c3ccccc3C)o2)c1. The summed E-state index contributed by atoms with van der Waals surface area (Å²) in [5.74, 6) is 0.288. The Morgan fingerprint density at radius 1 is 1.12 bits per heavy atom. The maximum atomic E-state index is 12.1. The minimum atomic E-state index is -0.216. The second-order valence-electron chi connectivity index (χ2n) is 5.66. The van der Waals surface area contributed by atoms with E-state index < -0.39 is 0 Å². The Morgan fingerprint density at radius 3 is 2.69 bits per heavy atom. The van der Waals surface area contributed by atoms with Gasteiger partial charge >= 0.3 is 0 Å². The summed E-state index contributed by atoms with van der Waals surface area (Å²) >= 11 is 1.16. The molecule has 0 saturated heterocycles. The highest BCUT2D eigenvalue weighted by molar-refractivity contribution is 7.99. The van der Waals surface area contributed by atoms with Crippen molar-refractivity contribution in [2.45, 2.75) is 19.1 Å². The van der Waals surface area contributed by atoms with Crippen molar-refractivity contribution in [3.8, 4) is 11.5 Å². The van der Waals surface area contributed by atoms with E-state index in [4.69, 9.17) is 4.42 Å². The molecule has 0 spiro atoms. The quantitative estimate of drug-likeness (QED) is 0.524. The number of ketones is 1. The molecule has 0 saturated carbocycles. The van der Waals surface area contributed by atoms with Gasteiger partial charge in [0.15, 0.2) is 5.78 Å². The van der Waals surface area contributed by atoms with Gasteiger partial charge < -0.3 is 9.73 Å². The predicted octanol–water partition coefficient (Wildman–Crippen LogP) is 3.98. The summed E-state index contributed by atoms with van der Waals surface area (Å²) in [7, 11) is 0. The lowest BCUT2D eigenvalue weighted by Crippen LogP contribution is -2.14. The molecule has 1 aromatic heterocycles. The number of amides is 1. The minimum absolute atomic E-state index is 0.0509. The van der Waals surface area contributed by atoms with Gasteiger partial charge in [0.1, 0.15) is 0 Å². The second kappa shape index (κ2) is 7.97. The van der Waals surface area contributed by atoms with Crippen LogP contribution in [0.1, 0.15) is 22.8 Å². The molecular formula is C19H17N3O3S. The average molecular weight is 367 g/mol. The standard InChI is InChI=1S/C19H17N3O3S/c1-12-6-3-4-9-16(12)18-21-22-19(25-18)26-11-17(24)20-15-8-5-7-14(10-15)13(2)23/h3-10H,11H2,1-2H3,(H,20,24). The van der Waals surface area contributed by atoms with Crippen molar-refractivity contribution in [2.24, 2.45) is 0 Å². The van der Waals surface area contributed by atoms with Crippen molar-refractivity contribution < 1.29 is 14.0 Å². The molecule has 1 amide bonds. The van der Waals surface area contributed by atoms with Crippen LogP contribution in [0.25, 0.3) is 11.5 Å². The number of aryl methyl sites for hydroxylation is 1. The van der Waals surface area contributed by atoms with E-state index in [1.165, 1.54) is 6.92 Å². The van der Waals surface area contributed by atoms with Gasteiger partial charge in [0.25, 0.3) is 5.22 Å². The van der Waals surface area contributed by atoms with Gasteiger partial charge in [0.2, 0.25) is 11.8 Å². The fraction of sp³-hybridized carbons (Fsp3) is 0.158. The van der Waals surface area contributed by atoms with Gasteiger partial charge in [0, 0.05) is 16.8 Å². The summed E-state index contributed by atoms with van der Waals surface area (Å²) in [5.41, 5.74) is 3.04. The van der Waals surface area contributed by atoms with E-state index in [9.17, 15) is 9.59 Å². The first-order valence-electron chi connectivity index (χ1n) is 7.96. The lowest BCUT2D eigenvalue weighted by Gasteiger charge is -2.05. The first-order chi connectivity index (χ1) is 12.5. The number of hydrogen-bond donors (Lipinski definition) is 1. The van der Waals surface area contributed by atoms with E-state index in [0.29, 0.717) is 22.4 Å². The molecule has 26 heavy (non-hydrogen) atoms. The predicted molar refractivity (Wildman–Crippen MR) is 100 cm³/mol. The van der Waals surface area contributed by atoms with Crippen LogP contribution >= 0.6 is 11.8 Å². The molecule has 0 fully saturated rings. The molecule has 0 aliphatic carbocycles. The van der Waals surface area contributed by atoms with Crippen LogP contribution < -0.4 is 5.32 Å². The molecule has 3 aromatic rings. The summed E-state index contributed by atoms with van der Waals surface area (Å²) in [6.45, 7) is 3.45. The van der Waals surface area contributed by atoms with Gasteiger partial charge in [-0.05, 0) is 37.6 Å². The minimum Gasteiger partial charge on any atom is -0.411 e. The van der Waals surface area contributed by atoms with Crippen LogP contribution in [-0.4, -0.2) is 27.6 Å². The summed E-state index contributed by atoms with van der Waals surface area (Å²) < 4.78 is 5.62. The molecule has 3 rings (SSSR count). The molecule has 0 atom stereocenters. The molecule has 1 heterocycles. The Labute approximate surface area is 155 Å². The van der Waals surface area contributed by atoms with Crippen LogP contribution in [0.15, 0.2) is 58.2 Å². The number of anilines is 1. The van der Waals surface area contributed by atoms with E-state index in [0.717, 1.165) is 22.9 Å². The molecule has 0 unspecified atom stereocenters. The topological polar surface area (TPSA) is 85.1 Å². The third-order valence-corrected chi connectivity index (χ3v) is 4.48. The van der Waals surface area contributed by atoms with Crippen LogP contribution in [0.2, 0.25) is 0 Å². The van der Waals surface area contributed by atoms with E-state index >= 15 is 0 Å². The number of benzene rings is 2. The number of Topliss-reactive ketones (excluding diaryl/α,β-unsaturated/α-hetero) is 1. The maximum Gasteiger partial charge on any atom is 0.277 e. The Hall–Kier alpha value is -2.93. The van der Waals surface area contributed by atoms with Crippen LogP contribution in [0.4, 0.5) is 5.69 Å². The van der Waals surface area contributed by atoms with E-state index in [1.54, 1.807) is 24.3 Å². The third-order valence-electron chi connectivity index (χ3n) is 3.66. The maximum absolute atomic E-state index is 12.1. The molecular weight excluding hydrogens is 350 g/mol. The third kappa shape index (κ3) is 4.37. The highest BCUT2D eigenvalue weighted by Crippen LogP contribution is 2.25. The zero-order valence-corrected chi connectivity index (χ0v) is 15.2. The summed E-state index contributed by atoms with van der Waals surface area (Å²) in [5, 5.41) is 11.1. The first kappa shape index (κ1) is 17.9. The van der Waals surface area contributed by atoms with Crippen molar-refractivity contribution in [3.63, 3.8) is 0 Å². The summed E-state index contributed by atoms with van der Waals surface area (Å²) in [4.78, 5) is 23.5. The van der Waals surface area contributed by atoms with Crippen LogP contribution in [0.3, 0.4) is 0 Å². The highest BCUT2D eigenvalue weighted by Gasteiger charge is 2.13. The smallest absolute Gasteiger partial charge is 0.277 e. The van der Waals surface area contributed by atoms with Gasteiger partial charge in [-0.3, -0.25) is 9.59 Å². The Morgan fingerprint density at radius 2 is 1.92 bits per heavy atom. The Bertz CT molecular complexity index is 952. The van der Waals surface area contributed by atoms with Gasteiger partial charge in [0.05, 0.1) is 5.75 Å². The fourth-order valence-electron chi connectivity index (χ4n) is 2.33. The molecule has 2 aromatic carbocycles. The number of aromatic nitrogens is 2. The van der Waals surface area contributed by atoms with E-state index in [2.05, 4.69) is 15.5 Å². The van der Waals surface area contributed by atoms with Gasteiger partial charge in [-0.15, -0.1) is 10.2 Å². The number of rotatable bonds is 6. The summed E-state index contributed by atoms with van der Waals surface area (Å²) in [6, 6.07) is 14.5. The van der Waals surface area contributed by atoms with Gasteiger partial charge in [-0.1, -0.05) is 42.1 Å². The average Bonchev–Trinajstić information content (AvgIpc) is 3.09. The van der Waals surface area contributed by atoms with Crippen molar-refractivity contribution in [1.29, 1.82) is 0 Å². The number of thioether (sulfide) groups is 1. The molecule has 0 aliphatic heterocycles. The van der Waals surface area contributed by atoms with Crippen molar-refractivity contribution >= 4 is 29.1 Å². The van der Waals surface area contributed by atoms with Crippen molar-refractivity contribution in [1.82, 2.24) is 10.2 Å². The summed E-state index contributed by atoms with van der Waals surface area (Å²) in [6.07, 6.45) is 0. The van der Waals surface area contributed by atoms with Gasteiger partial charge in [-0.2, -0.15) is 0 Å². The monoisotopic (exact) mass is 367 g/mol. The molecule has 7 heteroatoms. The Balaban J connectivity index is 1.59. The van der Waals surface area contributed by atoms with Crippen molar-refractivity contribution in [2.75, 3.05) is 11.1 Å². The molecule has 1 N–H and O–H groups in total. The molecule has 0 aliphatic rings. The molecule has 0 radical (unpaired) electrons. The Kier molecular flexibility index (Phi) is 5.48. The molecule has 0 bridgehead atoms. The number of carbonyl (C=O) groups excluding carboxylic acids is 2. The first-order valence-corrected chi connectivity index (χ1v) is 8.94. The number of hydrogen-bond acceptors (Lipinski definition) is 6. The largest absolute Gasteiger partial charge is 0.411 e. The number of nitrogens with zero attached hydrogens (tertiary/aromatic N) is 2. The lowest BCUT2D eigenvalue weighted by molar-refractivity contribution is -0.113. The van der Waals surface area contributed by atoms with Crippen LogP contribution in [0.5, 0.6) is 0 Å². The fourth-order valence-corrected chi connectivity index (χ4v) is 2.89.